The van der Waals surface area contributed by atoms with Gasteiger partial charge in [0.05, 0.1) is 150 Å². The summed E-state index contributed by atoms with van der Waals surface area (Å²) in [5, 5.41) is 50.6. The number of rotatable bonds is 44. The maximum atomic E-state index is 14.6. The molecule has 2 aromatic heterocycles. The molecule has 7 aromatic carbocycles. The number of ketones is 3. The van der Waals surface area contributed by atoms with Crippen LogP contribution >= 0.6 is 0 Å². The molecule has 1 fully saturated rings. The van der Waals surface area contributed by atoms with E-state index in [9.17, 15) is 61.2 Å². The van der Waals surface area contributed by atoms with Gasteiger partial charge in [0.1, 0.15) is 49.1 Å². The van der Waals surface area contributed by atoms with Crippen molar-refractivity contribution in [3.63, 3.8) is 0 Å². The number of aromatic nitrogens is 5. The first-order valence-corrected chi connectivity index (χ1v) is 44.0. The van der Waals surface area contributed by atoms with Gasteiger partial charge in [-0.15, -0.1) is 13.5 Å². The lowest BCUT2D eigenvalue weighted by Crippen LogP contribution is -2.60. The van der Waals surface area contributed by atoms with Crippen molar-refractivity contribution < 1.29 is 122 Å². The smallest absolute Gasteiger partial charge is 0.493 e. The first kappa shape index (κ1) is 90.5. The summed E-state index contributed by atoms with van der Waals surface area (Å²) in [6.07, 6.45) is -0.403. The summed E-state index contributed by atoms with van der Waals surface area (Å²) >= 11 is 0. The Morgan fingerprint density at radius 1 is 0.556 bits per heavy atom. The molecule has 0 aliphatic carbocycles. The van der Waals surface area contributed by atoms with E-state index >= 15 is 0 Å². The van der Waals surface area contributed by atoms with Crippen molar-refractivity contribution in [2.24, 2.45) is 17.0 Å². The molecule has 0 radical (unpaired) electrons. The van der Waals surface area contributed by atoms with Crippen molar-refractivity contribution in [3.05, 3.63) is 219 Å². The van der Waals surface area contributed by atoms with Gasteiger partial charge in [0.2, 0.25) is 6.29 Å². The largest absolute Gasteiger partial charge is 0.501 e. The molecule has 7 atom stereocenters. The Labute approximate surface area is 726 Å². The Kier molecular flexibility index (Phi) is 29.9. The highest BCUT2D eigenvalue weighted by molar-refractivity contribution is 7.91. The number of aliphatic hydroxyl groups is 4. The summed E-state index contributed by atoms with van der Waals surface area (Å²) < 4.78 is 134. The van der Waals surface area contributed by atoms with E-state index in [2.05, 4.69) is 15.3 Å². The van der Waals surface area contributed by atoms with Crippen LogP contribution in [-0.4, -0.2) is 242 Å². The molecular weight excluding hydrogens is 1680 g/mol. The molecular formula is C89H97N9O26S2. The average Bonchev–Trinajstić information content (AvgIpc) is 1.58. The predicted molar refractivity (Wildman–Crippen MR) is 451 cm³/mol. The van der Waals surface area contributed by atoms with Crippen molar-refractivity contribution in [1.82, 2.24) is 34.3 Å². The molecule has 35 nitrogen and oxygen atoms in total. The molecule has 2 amide bonds. The number of aliphatic hydroxyl groups excluding tert-OH is 4. The number of imidazole rings is 1. The zero-order valence-corrected chi connectivity index (χ0v) is 71.3. The van der Waals surface area contributed by atoms with Crippen LogP contribution in [0.2, 0.25) is 0 Å². The van der Waals surface area contributed by atoms with E-state index < -0.39 is 74.8 Å². The summed E-state index contributed by atoms with van der Waals surface area (Å²) in [7, 11) is -4.23. The SMILES string of the molecule is COc1cc2c(cc1OCc1cc(COc3cc4c(cc3OC)C(=O)N3Cc5ccccc5C[C@H]3C=N4)cc(OS(=O)(=O)Oc3cc(C(=O)CCCOCCOCCOCCn4cc(COCCOCCCC(=O)c5cccc(C(=O)CCS(=O)(=O)c6ccc(C)cc6)c5)nn4)ccc3OC3O[C@H](CO)[C@H](O)[C@H](O)[C@H]3O)c1)N=CC1Cc3c(ncn3C)CN1C2=O. The number of carbonyl (C=O) groups excluding carboxylic acids is 5. The van der Waals surface area contributed by atoms with Crippen LogP contribution < -0.4 is 32.1 Å². The summed E-state index contributed by atoms with van der Waals surface area (Å²) in [6.45, 7) is 3.94. The first-order chi connectivity index (χ1) is 60.9. The zero-order valence-electron chi connectivity index (χ0n) is 69.6. The van der Waals surface area contributed by atoms with E-state index in [0.717, 1.165) is 34.1 Å². The van der Waals surface area contributed by atoms with E-state index in [4.69, 9.17) is 70.5 Å². The lowest BCUT2D eigenvalue weighted by molar-refractivity contribution is -0.277. The Morgan fingerprint density at radius 2 is 1.13 bits per heavy atom. The maximum absolute atomic E-state index is 14.6. The van der Waals surface area contributed by atoms with Gasteiger partial charge in [0.25, 0.3) is 11.8 Å². The van der Waals surface area contributed by atoms with Crippen molar-refractivity contribution in [2.75, 3.05) is 86.0 Å². The number of sulfone groups is 1. The molecule has 0 saturated carbocycles. The number of hydrogen-bond donors (Lipinski definition) is 4. The third kappa shape index (κ3) is 22.6. The third-order valence-corrected chi connectivity index (χ3v) is 24.2. The van der Waals surface area contributed by atoms with Crippen LogP contribution in [0.5, 0.6) is 40.2 Å². The highest BCUT2D eigenvalue weighted by atomic mass is 32.3. The van der Waals surface area contributed by atoms with Crippen molar-refractivity contribution in [1.29, 1.82) is 0 Å². The lowest BCUT2D eigenvalue weighted by atomic mass is 9.94. The number of methoxy groups -OCH3 is 2. The number of benzene rings is 7. The summed E-state index contributed by atoms with van der Waals surface area (Å²) in [4.78, 5) is 86.0. The van der Waals surface area contributed by atoms with Gasteiger partial charge in [0, 0.05) is 99.4 Å². The molecule has 7 heterocycles. The van der Waals surface area contributed by atoms with Gasteiger partial charge >= 0.3 is 10.4 Å². The standard InChI is InChI=1S/C89H97N9O26S2/c1-55-16-19-67(20-17-55)125(108,109)33-22-76(102)60-13-7-12-59(37-60)74(100)14-8-25-115-31-32-118-53-63-48-96(94-93-63)23-26-116-28-30-117-29-27-114-24-9-15-75(101)61-18-21-77(121-89-86(105)85(104)84(103)83(50-99)122-89)82(39-61)124-126(110,111)123-66-35-56(51-119-80-43-70-68(41-78(80)112-3)87(106)97-47-62-11-6-5-10-58(62)38-64(97)45-90-70)34-57(36-66)52-120-81-44-71-69(42-79(81)113-4)88(107)98-49-72-73(95(2)54-92-72)40-65(98)46-91-71/h5-7,10-13,16-21,34-37,39,41-46,48,54,64-65,83-86,89,99,103-105H,8-9,14-15,22-33,38,40,47,49-53H2,1-4H3/t64-,65?,83+,84-,85-,86+,89?/m0/s1. The number of Topliss-reactive ketones (excluding diaryl/α,β-unsaturated/α-hetero) is 3. The molecule has 126 heavy (non-hydrogen) atoms. The Balaban J connectivity index is 0.556. The van der Waals surface area contributed by atoms with E-state index in [1.807, 2.05) is 42.8 Å². The topological polar surface area (TPSA) is 434 Å². The van der Waals surface area contributed by atoms with E-state index in [0.29, 0.717) is 79.3 Å². The summed E-state index contributed by atoms with van der Waals surface area (Å²) in [5.74, 6) is -2.63. The molecule has 5 aliphatic heterocycles. The number of carbonyl (C=O) groups is 5. The highest BCUT2D eigenvalue weighted by Crippen LogP contribution is 2.43. The molecule has 2 unspecified atom stereocenters. The van der Waals surface area contributed by atoms with Gasteiger partial charge in [-0.3, -0.25) is 34.0 Å². The van der Waals surface area contributed by atoms with Crippen LogP contribution in [0.4, 0.5) is 11.4 Å². The quantitative estimate of drug-likeness (QED) is 0.0208. The molecule has 666 valence electrons. The fourth-order valence-electron chi connectivity index (χ4n) is 14.9. The van der Waals surface area contributed by atoms with Crippen LogP contribution in [0.3, 0.4) is 0 Å². The van der Waals surface area contributed by atoms with E-state index in [1.54, 1.807) is 100 Å². The Morgan fingerprint density at radius 3 is 1.76 bits per heavy atom. The van der Waals surface area contributed by atoms with Crippen LogP contribution in [-0.2, 0) is 108 Å². The summed E-state index contributed by atoms with van der Waals surface area (Å²) in [6, 6.07) is 34.1. The highest BCUT2D eigenvalue weighted by Gasteiger charge is 2.46. The number of fused-ring (bicyclic) bond motifs is 6. The lowest BCUT2D eigenvalue weighted by Gasteiger charge is -2.39. The number of ether oxygens (including phenoxy) is 11. The Hall–Kier alpha value is -11.7. The van der Waals surface area contributed by atoms with Gasteiger partial charge in [0.15, 0.2) is 61.7 Å². The molecule has 14 rings (SSSR count). The van der Waals surface area contributed by atoms with Crippen molar-refractivity contribution in [3.8, 4) is 40.2 Å². The predicted octanol–water partition coefficient (Wildman–Crippen LogP) is 7.90. The number of aryl methyl sites for hydroxylation is 2. The second kappa shape index (κ2) is 41.6. The molecule has 5 aliphatic rings. The van der Waals surface area contributed by atoms with Crippen molar-refractivity contribution in [2.45, 2.75) is 139 Å². The number of hydrogen-bond acceptors (Lipinski definition) is 31. The maximum Gasteiger partial charge on any atom is 0.501 e. The molecule has 0 spiro atoms. The van der Waals surface area contributed by atoms with Crippen LogP contribution in [0.15, 0.2) is 161 Å². The molecule has 9 aromatic rings. The number of amides is 2. The van der Waals surface area contributed by atoms with Gasteiger partial charge in [-0.05, 0) is 115 Å². The summed E-state index contributed by atoms with van der Waals surface area (Å²) in [5.41, 5.74) is 7.79. The second-order valence-electron chi connectivity index (χ2n) is 30.6. The van der Waals surface area contributed by atoms with Crippen LogP contribution in [0.1, 0.15) is 129 Å². The third-order valence-electron chi connectivity index (χ3n) is 21.7. The normalized spacial score (nSPS) is 18.2. The van der Waals surface area contributed by atoms with Crippen LogP contribution in [0.25, 0.3) is 0 Å². The number of nitrogens with zero attached hydrogens (tertiary/aromatic N) is 9. The molecule has 0 bridgehead atoms. The minimum Gasteiger partial charge on any atom is -0.493 e. The minimum atomic E-state index is -5.31. The van der Waals surface area contributed by atoms with E-state index in [-0.39, 0.29) is 195 Å². The average molecular weight is 1770 g/mol. The van der Waals surface area contributed by atoms with Gasteiger partial charge in [-0.1, -0.05) is 65.4 Å². The fraction of sp³-hybridized carbons (Fsp3) is 0.393. The zero-order chi connectivity index (χ0) is 88.6. The fourth-order valence-corrected chi connectivity index (χ4v) is 16.9. The molecule has 37 heteroatoms. The van der Waals surface area contributed by atoms with Gasteiger partial charge in [-0.2, -0.15) is 0 Å². The minimum absolute atomic E-state index is 0.0584. The van der Waals surface area contributed by atoms with Gasteiger partial charge in [-0.25, -0.2) is 18.1 Å². The second-order valence-corrected chi connectivity index (χ2v) is 33.8. The van der Waals surface area contributed by atoms with E-state index in [1.165, 1.54) is 56.7 Å². The molecule has 4 N–H and O–H groups in total. The van der Waals surface area contributed by atoms with Gasteiger partial charge < -0.3 is 95.3 Å². The first-order valence-electron chi connectivity index (χ1n) is 41.0. The number of aliphatic imine (C=N–C) groups is 2. The van der Waals surface area contributed by atoms with Crippen LogP contribution in [0, 0.1) is 6.92 Å². The van der Waals surface area contributed by atoms with Crippen molar-refractivity contribution >= 4 is 73.2 Å². The Bertz CT molecular complexity index is 5720. The monoisotopic (exact) mass is 1770 g/mol. The molecule has 1 saturated heterocycles.